The number of unbranched alkanes of at least 4 members (excludes halogenated alkanes) is 1. The highest BCUT2D eigenvalue weighted by Gasteiger charge is 2.23. The summed E-state index contributed by atoms with van der Waals surface area (Å²) in [6, 6.07) is 4.67. The predicted octanol–water partition coefficient (Wildman–Crippen LogP) is 2.39. The van der Waals surface area contributed by atoms with Gasteiger partial charge in [0.2, 0.25) is 0 Å². The lowest BCUT2D eigenvalue weighted by molar-refractivity contribution is 0.0992. The monoisotopic (exact) mass is 471 g/mol. The topological polar surface area (TPSA) is 146 Å². The van der Waals surface area contributed by atoms with E-state index in [4.69, 9.17) is 19.7 Å². The number of aromatic amines is 1. The van der Waals surface area contributed by atoms with Crippen molar-refractivity contribution < 1.29 is 18.8 Å². The fraction of sp³-hybridized carbons (Fsp3) is 0.391. The molecule has 0 saturated carbocycles. The maximum atomic E-state index is 13.2. The molecule has 34 heavy (non-hydrogen) atoms. The molecule has 0 fully saturated rings. The predicted molar refractivity (Wildman–Crippen MR) is 127 cm³/mol. The van der Waals surface area contributed by atoms with Gasteiger partial charge in [-0.15, -0.1) is 0 Å². The average molecular weight is 472 g/mol. The number of amides is 1. The molecule has 3 aromatic rings. The molecular weight excluding hydrogens is 442 g/mol. The molecule has 0 saturated heterocycles. The molecule has 0 bridgehead atoms. The number of carbonyl (C=O) groups is 1. The minimum Gasteiger partial charge on any atom is -0.493 e. The Balaban J connectivity index is 1.88. The molecule has 1 amide bonds. The van der Waals surface area contributed by atoms with Crippen LogP contribution in [0.25, 0.3) is 0 Å². The molecule has 2 heterocycles. The second-order valence-corrected chi connectivity index (χ2v) is 7.82. The van der Waals surface area contributed by atoms with Gasteiger partial charge in [-0.2, -0.15) is 0 Å². The molecule has 182 valence electrons. The number of H-pyrrole nitrogens is 1. The van der Waals surface area contributed by atoms with Crippen LogP contribution in [0, 0.1) is 13.8 Å². The number of hydrogen-bond acceptors (Lipinski definition) is 8. The SMILES string of the molecule is CCCCn1c(N)c(N(C)C(=O)c2ccc(OCc3c(C)noc3C)c(OC)c2)c(=O)[nH]c1=O. The Labute approximate surface area is 196 Å². The van der Waals surface area contributed by atoms with Gasteiger partial charge in [0, 0.05) is 19.2 Å². The molecular formula is C23H29N5O6. The van der Waals surface area contributed by atoms with Gasteiger partial charge in [-0.1, -0.05) is 18.5 Å². The number of aryl methyl sites for hydroxylation is 2. The van der Waals surface area contributed by atoms with E-state index >= 15 is 0 Å². The molecule has 0 unspecified atom stereocenters. The Kier molecular flexibility index (Phi) is 7.44. The number of nitrogens with one attached hydrogen (secondary N) is 1. The van der Waals surface area contributed by atoms with Gasteiger partial charge in [0.05, 0.1) is 18.4 Å². The van der Waals surface area contributed by atoms with Gasteiger partial charge < -0.3 is 24.6 Å². The molecule has 0 aliphatic rings. The first-order valence-electron chi connectivity index (χ1n) is 10.8. The molecule has 3 rings (SSSR count). The molecule has 0 radical (unpaired) electrons. The van der Waals surface area contributed by atoms with Crippen LogP contribution in [0.2, 0.25) is 0 Å². The van der Waals surface area contributed by atoms with E-state index < -0.39 is 17.2 Å². The summed E-state index contributed by atoms with van der Waals surface area (Å²) < 4.78 is 17.7. The largest absolute Gasteiger partial charge is 0.493 e. The summed E-state index contributed by atoms with van der Waals surface area (Å²) in [6.45, 7) is 6.14. The molecule has 0 spiro atoms. The average Bonchev–Trinajstić information content (AvgIpc) is 3.13. The van der Waals surface area contributed by atoms with E-state index in [9.17, 15) is 14.4 Å². The summed E-state index contributed by atoms with van der Waals surface area (Å²) in [7, 11) is 2.88. The van der Waals surface area contributed by atoms with Crippen LogP contribution < -0.4 is 31.4 Å². The van der Waals surface area contributed by atoms with Crippen LogP contribution in [0.3, 0.4) is 0 Å². The van der Waals surface area contributed by atoms with Gasteiger partial charge in [-0.25, -0.2) is 4.79 Å². The summed E-state index contributed by atoms with van der Waals surface area (Å²) in [5.74, 6) is 0.846. The lowest BCUT2D eigenvalue weighted by Crippen LogP contribution is -2.39. The van der Waals surface area contributed by atoms with Gasteiger partial charge in [0.25, 0.3) is 11.5 Å². The number of nitrogens with zero attached hydrogens (tertiary/aromatic N) is 3. The minimum absolute atomic E-state index is 0.0653. The van der Waals surface area contributed by atoms with E-state index in [1.165, 1.54) is 24.8 Å². The summed E-state index contributed by atoms with van der Waals surface area (Å²) in [6.07, 6.45) is 1.53. The number of methoxy groups -OCH3 is 1. The first kappa shape index (κ1) is 24.6. The van der Waals surface area contributed by atoms with Crippen LogP contribution in [0.4, 0.5) is 11.5 Å². The highest BCUT2D eigenvalue weighted by atomic mass is 16.5. The highest BCUT2D eigenvalue weighted by Crippen LogP contribution is 2.30. The van der Waals surface area contributed by atoms with Crippen molar-refractivity contribution in [3.63, 3.8) is 0 Å². The van der Waals surface area contributed by atoms with E-state index in [0.717, 1.165) is 22.6 Å². The molecule has 0 aliphatic carbocycles. The normalized spacial score (nSPS) is 10.9. The van der Waals surface area contributed by atoms with E-state index in [1.54, 1.807) is 19.1 Å². The van der Waals surface area contributed by atoms with Crippen molar-refractivity contribution in [2.24, 2.45) is 0 Å². The van der Waals surface area contributed by atoms with Gasteiger partial charge in [0.1, 0.15) is 18.2 Å². The van der Waals surface area contributed by atoms with Gasteiger partial charge in [0.15, 0.2) is 17.2 Å². The number of nitrogens with two attached hydrogens (primary N) is 1. The molecule has 0 aliphatic heterocycles. The van der Waals surface area contributed by atoms with Crippen molar-refractivity contribution in [1.29, 1.82) is 0 Å². The first-order valence-corrected chi connectivity index (χ1v) is 10.8. The Bertz CT molecular complexity index is 1290. The third kappa shape index (κ3) is 4.82. The summed E-state index contributed by atoms with van der Waals surface area (Å²) >= 11 is 0. The zero-order chi connectivity index (χ0) is 25.0. The van der Waals surface area contributed by atoms with Crippen molar-refractivity contribution in [3.05, 3.63) is 61.6 Å². The Hall–Kier alpha value is -4.02. The lowest BCUT2D eigenvalue weighted by Gasteiger charge is -2.21. The van der Waals surface area contributed by atoms with Crippen LogP contribution in [-0.2, 0) is 13.2 Å². The first-order chi connectivity index (χ1) is 16.2. The lowest BCUT2D eigenvalue weighted by atomic mass is 10.1. The fourth-order valence-corrected chi connectivity index (χ4v) is 3.51. The number of rotatable bonds is 9. The van der Waals surface area contributed by atoms with E-state index in [0.29, 0.717) is 30.2 Å². The number of nitrogen functional groups attached to an aromatic ring is 1. The Morgan fingerprint density at radius 1 is 1.26 bits per heavy atom. The second kappa shape index (κ2) is 10.3. The van der Waals surface area contributed by atoms with Crippen LogP contribution in [0.1, 0.15) is 47.1 Å². The van der Waals surface area contributed by atoms with E-state index in [-0.39, 0.29) is 23.7 Å². The maximum Gasteiger partial charge on any atom is 0.330 e. The third-order valence-corrected chi connectivity index (χ3v) is 5.55. The molecule has 2 aromatic heterocycles. The number of anilines is 2. The summed E-state index contributed by atoms with van der Waals surface area (Å²) in [4.78, 5) is 41.2. The van der Waals surface area contributed by atoms with Gasteiger partial charge in [-0.3, -0.25) is 19.1 Å². The van der Waals surface area contributed by atoms with Crippen molar-refractivity contribution in [2.75, 3.05) is 24.8 Å². The van der Waals surface area contributed by atoms with E-state index in [1.807, 2.05) is 13.8 Å². The van der Waals surface area contributed by atoms with Crippen molar-refractivity contribution in [3.8, 4) is 11.5 Å². The molecule has 1 aromatic carbocycles. The van der Waals surface area contributed by atoms with Crippen molar-refractivity contribution in [1.82, 2.24) is 14.7 Å². The summed E-state index contributed by atoms with van der Waals surface area (Å²) in [5, 5.41) is 3.90. The smallest absolute Gasteiger partial charge is 0.330 e. The maximum absolute atomic E-state index is 13.2. The van der Waals surface area contributed by atoms with E-state index in [2.05, 4.69) is 10.1 Å². The Morgan fingerprint density at radius 2 is 2.00 bits per heavy atom. The molecule has 0 atom stereocenters. The summed E-state index contributed by atoms with van der Waals surface area (Å²) in [5.41, 5.74) is 6.48. The second-order valence-electron chi connectivity index (χ2n) is 7.82. The van der Waals surface area contributed by atoms with Gasteiger partial charge in [-0.05, 0) is 38.5 Å². The standard InChI is InChI=1S/C23H29N5O6/c1-6-7-10-28-20(24)19(21(29)25-23(28)31)27(4)22(30)15-8-9-17(18(11-15)32-5)33-12-16-13(2)26-34-14(16)3/h8-9,11H,6-7,10,12,24H2,1-5H3,(H,25,29,31). The number of aromatic nitrogens is 3. The quantitative estimate of drug-likeness (QED) is 0.484. The number of carbonyl (C=O) groups excluding carboxylic acids is 1. The number of hydrogen-bond donors (Lipinski definition) is 2. The van der Waals surface area contributed by atoms with Gasteiger partial charge >= 0.3 is 5.69 Å². The van der Waals surface area contributed by atoms with Crippen molar-refractivity contribution in [2.45, 2.75) is 46.8 Å². The molecule has 11 nitrogen and oxygen atoms in total. The van der Waals surface area contributed by atoms with Crippen LogP contribution in [0.5, 0.6) is 11.5 Å². The molecule has 3 N–H and O–H groups in total. The zero-order valence-corrected chi connectivity index (χ0v) is 19.9. The fourth-order valence-electron chi connectivity index (χ4n) is 3.51. The zero-order valence-electron chi connectivity index (χ0n) is 19.9. The minimum atomic E-state index is -0.738. The highest BCUT2D eigenvalue weighted by molar-refractivity contribution is 6.07. The van der Waals surface area contributed by atoms with Crippen LogP contribution in [-0.4, -0.2) is 34.8 Å². The Morgan fingerprint density at radius 3 is 2.62 bits per heavy atom. The van der Waals surface area contributed by atoms with Crippen LogP contribution in [0.15, 0.2) is 32.3 Å². The third-order valence-electron chi connectivity index (χ3n) is 5.55. The van der Waals surface area contributed by atoms with Crippen LogP contribution >= 0.6 is 0 Å². The number of benzene rings is 1. The van der Waals surface area contributed by atoms with Crippen molar-refractivity contribution >= 4 is 17.4 Å². The molecule has 11 heteroatoms. The number of ether oxygens (including phenoxy) is 2.